The largest absolute Gasteiger partial charge is 0.488 e. The van der Waals surface area contributed by atoms with Crippen molar-refractivity contribution in [2.45, 2.75) is 30.8 Å². The summed E-state index contributed by atoms with van der Waals surface area (Å²) in [6.45, 7) is 4.18. The number of carbonyl (C=O) groups excluding carboxylic acids is 1. The Kier molecular flexibility index (Phi) is 5.45. The van der Waals surface area contributed by atoms with Crippen LogP contribution in [0, 0.1) is 0 Å². The van der Waals surface area contributed by atoms with Crippen molar-refractivity contribution in [3.63, 3.8) is 0 Å². The van der Waals surface area contributed by atoms with E-state index in [-0.39, 0.29) is 28.5 Å². The molecule has 2 heterocycles. The van der Waals surface area contributed by atoms with Gasteiger partial charge in [-0.05, 0) is 31.4 Å². The summed E-state index contributed by atoms with van der Waals surface area (Å²) in [6, 6.07) is 7.05. The molecule has 0 bridgehead atoms. The minimum atomic E-state index is -3.84. The van der Waals surface area contributed by atoms with Gasteiger partial charge in [0.25, 0.3) is 0 Å². The lowest BCUT2D eigenvalue weighted by Crippen LogP contribution is -2.29. The molecule has 2 aromatic rings. The lowest BCUT2D eigenvalue weighted by molar-refractivity contribution is 0.0602. The Balaban J connectivity index is 1.61. The van der Waals surface area contributed by atoms with Gasteiger partial charge in [0.2, 0.25) is 10.0 Å². The molecule has 3 rings (SSSR count). The monoisotopic (exact) mass is 411 g/mol. The SMILES string of the molecule is COC(=O)c1sccc1S(=O)(=O)NCCOc1cccc2c1OC(C)(C)C2. The van der Waals surface area contributed by atoms with Crippen molar-refractivity contribution in [1.82, 2.24) is 4.72 Å². The Hall–Kier alpha value is -2.10. The molecule has 0 atom stereocenters. The fourth-order valence-electron chi connectivity index (χ4n) is 2.87. The molecule has 9 heteroatoms. The van der Waals surface area contributed by atoms with Crippen LogP contribution in [0.4, 0.5) is 0 Å². The molecule has 0 unspecified atom stereocenters. The molecule has 0 saturated carbocycles. The molecule has 0 saturated heterocycles. The molecule has 146 valence electrons. The summed E-state index contributed by atoms with van der Waals surface area (Å²) in [6.07, 6.45) is 0.792. The number of rotatable bonds is 7. The van der Waals surface area contributed by atoms with E-state index >= 15 is 0 Å². The Labute approximate surface area is 162 Å². The third kappa shape index (κ3) is 4.26. The summed E-state index contributed by atoms with van der Waals surface area (Å²) in [4.78, 5) is 11.6. The van der Waals surface area contributed by atoms with E-state index in [4.69, 9.17) is 9.47 Å². The highest BCUT2D eigenvalue weighted by Gasteiger charge is 2.32. The van der Waals surface area contributed by atoms with Crippen molar-refractivity contribution in [2.75, 3.05) is 20.3 Å². The van der Waals surface area contributed by atoms with Crippen LogP contribution in [0.15, 0.2) is 34.5 Å². The maximum Gasteiger partial charge on any atom is 0.349 e. The number of methoxy groups -OCH3 is 1. The normalized spacial score (nSPS) is 15.1. The van der Waals surface area contributed by atoms with Gasteiger partial charge in [-0.25, -0.2) is 17.9 Å². The Bertz CT molecular complexity index is 949. The van der Waals surface area contributed by atoms with E-state index in [1.807, 2.05) is 26.0 Å². The van der Waals surface area contributed by atoms with Crippen LogP contribution in [0.1, 0.15) is 29.1 Å². The maximum absolute atomic E-state index is 12.4. The average molecular weight is 412 g/mol. The number of hydrogen-bond donors (Lipinski definition) is 1. The second kappa shape index (κ2) is 7.49. The standard InChI is InChI=1S/C18H21NO6S2/c1-18(2)11-12-5-4-6-13(15(12)25-18)24-9-8-19-27(21,22)14-7-10-26-16(14)17(20)23-3/h4-7,10,19H,8-9,11H2,1-3H3. The molecule has 27 heavy (non-hydrogen) atoms. The molecule has 1 aromatic heterocycles. The molecular weight excluding hydrogens is 390 g/mol. The molecule has 1 aromatic carbocycles. The fourth-order valence-corrected chi connectivity index (χ4v) is 5.21. The first-order chi connectivity index (χ1) is 12.7. The van der Waals surface area contributed by atoms with Crippen molar-refractivity contribution >= 4 is 27.3 Å². The molecule has 1 aliphatic heterocycles. The minimum absolute atomic E-state index is 0.0439. The van der Waals surface area contributed by atoms with Gasteiger partial charge in [0.1, 0.15) is 22.0 Å². The number of hydrogen-bond acceptors (Lipinski definition) is 7. The van der Waals surface area contributed by atoms with Crippen LogP contribution in [-0.2, 0) is 21.2 Å². The fraction of sp³-hybridized carbons (Fsp3) is 0.389. The zero-order valence-electron chi connectivity index (χ0n) is 15.3. The topological polar surface area (TPSA) is 90.9 Å². The smallest absolute Gasteiger partial charge is 0.349 e. The molecule has 7 nitrogen and oxygen atoms in total. The van der Waals surface area contributed by atoms with E-state index in [1.165, 1.54) is 18.6 Å². The van der Waals surface area contributed by atoms with Crippen molar-refractivity contribution < 1.29 is 27.4 Å². The van der Waals surface area contributed by atoms with Crippen LogP contribution in [0.5, 0.6) is 11.5 Å². The van der Waals surface area contributed by atoms with Gasteiger partial charge in [0.15, 0.2) is 11.5 Å². The van der Waals surface area contributed by atoms with Crippen LogP contribution < -0.4 is 14.2 Å². The number of fused-ring (bicyclic) bond motifs is 1. The minimum Gasteiger partial charge on any atom is -0.488 e. The quantitative estimate of drug-likeness (QED) is 0.556. The first-order valence-electron chi connectivity index (χ1n) is 8.33. The predicted octanol–water partition coefficient (Wildman–Crippen LogP) is 2.61. The van der Waals surface area contributed by atoms with Gasteiger partial charge in [-0.2, -0.15) is 0 Å². The van der Waals surface area contributed by atoms with Crippen molar-refractivity contribution in [1.29, 1.82) is 0 Å². The molecule has 0 spiro atoms. The number of thiophene rings is 1. The van der Waals surface area contributed by atoms with Crippen molar-refractivity contribution in [3.8, 4) is 11.5 Å². The van der Waals surface area contributed by atoms with Gasteiger partial charge < -0.3 is 14.2 Å². The van der Waals surface area contributed by atoms with Gasteiger partial charge in [-0.15, -0.1) is 11.3 Å². The van der Waals surface area contributed by atoms with Crippen LogP contribution in [-0.4, -0.2) is 40.2 Å². The summed E-state index contributed by atoms with van der Waals surface area (Å²) in [5.74, 6) is 0.612. The van der Waals surface area contributed by atoms with Gasteiger partial charge in [-0.1, -0.05) is 12.1 Å². The van der Waals surface area contributed by atoms with Gasteiger partial charge >= 0.3 is 5.97 Å². The highest BCUT2D eigenvalue weighted by atomic mass is 32.2. The van der Waals surface area contributed by atoms with Crippen LogP contribution in [0.25, 0.3) is 0 Å². The van der Waals surface area contributed by atoms with Crippen LogP contribution >= 0.6 is 11.3 Å². The van der Waals surface area contributed by atoms with E-state index in [1.54, 1.807) is 6.07 Å². The number of esters is 1. The lowest BCUT2D eigenvalue weighted by atomic mass is 10.0. The van der Waals surface area contributed by atoms with E-state index in [9.17, 15) is 13.2 Å². The summed E-state index contributed by atoms with van der Waals surface area (Å²) >= 11 is 1.02. The maximum atomic E-state index is 12.4. The summed E-state index contributed by atoms with van der Waals surface area (Å²) in [5.41, 5.74) is 0.783. The molecule has 0 aliphatic carbocycles. The summed E-state index contributed by atoms with van der Waals surface area (Å²) in [7, 11) is -2.63. The first kappa shape index (κ1) is 19.7. The lowest BCUT2D eigenvalue weighted by Gasteiger charge is -2.18. The number of carbonyl (C=O) groups is 1. The average Bonchev–Trinajstić information content (AvgIpc) is 3.21. The molecule has 1 N–H and O–H groups in total. The zero-order chi connectivity index (χ0) is 19.7. The predicted molar refractivity (Wildman–Crippen MR) is 101 cm³/mol. The Morgan fingerprint density at radius 3 is 2.85 bits per heavy atom. The second-order valence-electron chi connectivity index (χ2n) is 6.63. The van der Waals surface area contributed by atoms with Gasteiger partial charge in [-0.3, -0.25) is 0 Å². The number of para-hydroxylation sites is 1. The molecular formula is C18H21NO6S2. The van der Waals surface area contributed by atoms with Crippen molar-refractivity contribution in [3.05, 3.63) is 40.1 Å². The number of benzene rings is 1. The van der Waals surface area contributed by atoms with E-state index < -0.39 is 16.0 Å². The first-order valence-corrected chi connectivity index (χ1v) is 10.7. The molecule has 1 aliphatic rings. The summed E-state index contributed by atoms with van der Waals surface area (Å²) < 4.78 is 43.5. The molecule has 0 radical (unpaired) electrons. The zero-order valence-corrected chi connectivity index (χ0v) is 16.9. The summed E-state index contributed by atoms with van der Waals surface area (Å²) in [5, 5.41) is 1.53. The second-order valence-corrected chi connectivity index (χ2v) is 9.29. The molecule has 0 fully saturated rings. The van der Waals surface area contributed by atoms with E-state index in [2.05, 4.69) is 9.46 Å². The number of nitrogens with one attached hydrogen (secondary N) is 1. The Morgan fingerprint density at radius 2 is 2.11 bits per heavy atom. The van der Waals surface area contributed by atoms with Crippen LogP contribution in [0.2, 0.25) is 0 Å². The van der Waals surface area contributed by atoms with Crippen molar-refractivity contribution in [2.24, 2.45) is 0 Å². The van der Waals surface area contributed by atoms with E-state index in [0.29, 0.717) is 11.5 Å². The van der Waals surface area contributed by atoms with Gasteiger partial charge in [0.05, 0.1) is 7.11 Å². The number of sulfonamides is 1. The highest BCUT2D eigenvalue weighted by molar-refractivity contribution is 7.89. The van der Waals surface area contributed by atoms with Crippen LogP contribution in [0.3, 0.4) is 0 Å². The Morgan fingerprint density at radius 1 is 1.33 bits per heavy atom. The third-order valence-electron chi connectivity index (χ3n) is 4.00. The number of ether oxygens (including phenoxy) is 3. The van der Waals surface area contributed by atoms with E-state index in [0.717, 1.165) is 23.3 Å². The highest BCUT2D eigenvalue weighted by Crippen LogP contribution is 2.41. The third-order valence-corrected chi connectivity index (χ3v) is 6.52. The van der Waals surface area contributed by atoms with Gasteiger partial charge in [0, 0.05) is 18.5 Å². The molecule has 0 amide bonds.